The number of rotatable bonds is 7. The van der Waals surface area contributed by atoms with Gasteiger partial charge in [0.2, 0.25) is 5.91 Å². The molecule has 0 radical (unpaired) electrons. The number of nitrogens with one attached hydrogen (secondary N) is 1. The lowest BCUT2D eigenvalue weighted by atomic mass is 10.2. The number of aryl methyl sites for hydroxylation is 1. The summed E-state index contributed by atoms with van der Waals surface area (Å²) in [4.78, 5) is 20.8. The predicted molar refractivity (Wildman–Crippen MR) is 66.3 cm³/mol. The number of hydrogen-bond donors (Lipinski definition) is 2. The normalized spacial score (nSPS) is 10.1. The Morgan fingerprint density at radius 1 is 1.56 bits per heavy atom. The highest BCUT2D eigenvalue weighted by Crippen LogP contribution is 2.24. The summed E-state index contributed by atoms with van der Waals surface area (Å²) in [6, 6.07) is 4.91. The third kappa shape index (κ3) is 4.38. The van der Waals surface area contributed by atoms with Gasteiger partial charge in [0.1, 0.15) is 12.3 Å². The Hall–Kier alpha value is -2.15. The second-order valence-corrected chi connectivity index (χ2v) is 3.72. The first-order chi connectivity index (χ1) is 8.50. The van der Waals surface area contributed by atoms with Crippen molar-refractivity contribution < 1.29 is 14.5 Å². The van der Waals surface area contributed by atoms with Gasteiger partial charge in [-0.25, -0.2) is 0 Å². The number of anilines is 1. The Kier molecular flexibility index (Phi) is 5.06. The number of amides is 1. The Morgan fingerprint density at radius 3 is 2.89 bits per heavy atom. The van der Waals surface area contributed by atoms with Crippen molar-refractivity contribution >= 4 is 17.3 Å². The molecule has 0 saturated heterocycles. The van der Waals surface area contributed by atoms with E-state index < -0.39 is 10.8 Å². The first-order valence-electron chi connectivity index (χ1n) is 5.35. The van der Waals surface area contributed by atoms with Crippen molar-refractivity contribution in [1.29, 1.82) is 0 Å². The SMILES string of the molecule is Cc1ccc(NCCOCC(N)=O)c([N+](=O)[O-])c1. The van der Waals surface area contributed by atoms with Gasteiger partial charge in [0, 0.05) is 12.6 Å². The molecule has 0 aliphatic heterocycles. The maximum atomic E-state index is 10.8. The van der Waals surface area contributed by atoms with Crippen LogP contribution in [0.2, 0.25) is 0 Å². The Balaban J connectivity index is 2.51. The number of nitro benzene ring substituents is 1. The van der Waals surface area contributed by atoms with Crippen molar-refractivity contribution in [2.45, 2.75) is 6.92 Å². The van der Waals surface area contributed by atoms with Crippen molar-refractivity contribution in [2.75, 3.05) is 25.1 Å². The molecule has 7 nitrogen and oxygen atoms in total. The van der Waals surface area contributed by atoms with E-state index in [1.165, 1.54) is 6.07 Å². The molecule has 0 heterocycles. The summed E-state index contributed by atoms with van der Waals surface area (Å²) >= 11 is 0. The zero-order chi connectivity index (χ0) is 13.5. The third-order valence-electron chi connectivity index (χ3n) is 2.16. The van der Waals surface area contributed by atoms with Crippen LogP contribution in [0, 0.1) is 17.0 Å². The van der Waals surface area contributed by atoms with Crippen LogP contribution < -0.4 is 11.1 Å². The minimum atomic E-state index is -0.545. The van der Waals surface area contributed by atoms with Crippen molar-refractivity contribution in [3.8, 4) is 0 Å². The van der Waals surface area contributed by atoms with E-state index in [0.717, 1.165) is 5.56 Å². The van der Waals surface area contributed by atoms with Crippen LogP contribution in [-0.4, -0.2) is 30.6 Å². The van der Waals surface area contributed by atoms with Gasteiger partial charge in [0.25, 0.3) is 5.69 Å². The van der Waals surface area contributed by atoms with Gasteiger partial charge in [-0.15, -0.1) is 0 Å². The molecule has 0 saturated carbocycles. The molecule has 1 aromatic carbocycles. The minimum absolute atomic E-state index is 0.0184. The maximum absolute atomic E-state index is 10.8. The monoisotopic (exact) mass is 253 g/mol. The van der Waals surface area contributed by atoms with Gasteiger partial charge in [-0.05, 0) is 18.6 Å². The lowest BCUT2D eigenvalue weighted by Gasteiger charge is -2.07. The van der Waals surface area contributed by atoms with Crippen molar-refractivity contribution in [2.24, 2.45) is 5.73 Å². The second-order valence-electron chi connectivity index (χ2n) is 3.72. The fraction of sp³-hybridized carbons (Fsp3) is 0.364. The molecule has 0 aliphatic rings. The van der Waals surface area contributed by atoms with E-state index in [1.807, 2.05) is 0 Å². The van der Waals surface area contributed by atoms with E-state index in [-0.39, 0.29) is 18.9 Å². The van der Waals surface area contributed by atoms with Gasteiger partial charge in [0.15, 0.2) is 0 Å². The molecule has 1 amide bonds. The van der Waals surface area contributed by atoms with Crippen molar-refractivity contribution in [3.05, 3.63) is 33.9 Å². The number of benzene rings is 1. The molecule has 0 fully saturated rings. The number of carbonyl (C=O) groups is 1. The van der Waals surface area contributed by atoms with Crippen LogP contribution in [0.1, 0.15) is 5.56 Å². The summed E-state index contributed by atoms with van der Waals surface area (Å²) in [6.07, 6.45) is 0. The van der Waals surface area contributed by atoms with Crippen LogP contribution >= 0.6 is 0 Å². The van der Waals surface area contributed by atoms with E-state index in [0.29, 0.717) is 12.2 Å². The molecule has 3 N–H and O–H groups in total. The largest absolute Gasteiger partial charge is 0.377 e. The summed E-state index contributed by atoms with van der Waals surface area (Å²) < 4.78 is 4.93. The average molecular weight is 253 g/mol. The quantitative estimate of drug-likeness (QED) is 0.425. The molecule has 18 heavy (non-hydrogen) atoms. The van der Waals surface area contributed by atoms with Gasteiger partial charge >= 0.3 is 0 Å². The van der Waals surface area contributed by atoms with E-state index >= 15 is 0 Å². The van der Waals surface area contributed by atoms with Gasteiger partial charge in [-0.3, -0.25) is 14.9 Å². The van der Waals surface area contributed by atoms with E-state index in [4.69, 9.17) is 10.5 Å². The summed E-state index contributed by atoms with van der Waals surface area (Å²) in [5.41, 5.74) is 6.15. The molecule has 0 unspecified atom stereocenters. The molecule has 7 heteroatoms. The highest BCUT2D eigenvalue weighted by molar-refractivity contribution is 5.75. The molecule has 0 aromatic heterocycles. The van der Waals surface area contributed by atoms with E-state index in [2.05, 4.69) is 5.32 Å². The molecular formula is C11H15N3O4. The molecule has 0 spiro atoms. The van der Waals surface area contributed by atoms with Crippen molar-refractivity contribution in [1.82, 2.24) is 0 Å². The molecule has 0 aliphatic carbocycles. The molecule has 0 bridgehead atoms. The number of ether oxygens (including phenoxy) is 1. The summed E-state index contributed by atoms with van der Waals surface area (Å²) in [5, 5.41) is 13.7. The molecule has 1 rings (SSSR count). The van der Waals surface area contributed by atoms with Gasteiger partial charge in [0.05, 0.1) is 11.5 Å². The highest BCUT2D eigenvalue weighted by atomic mass is 16.6. The smallest absolute Gasteiger partial charge is 0.292 e. The minimum Gasteiger partial charge on any atom is -0.377 e. The topological polar surface area (TPSA) is 107 Å². The zero-order valence-electron chi connectivity index (χ0n) is 10.0. The Morgan fingerprint density at radius 2 is 2.28 bits per heavy atom. The maximum Gasteiger partial charge on any atom is 0.292 e. The number of primary amides is 1. The number of nitro groups is 1. The summed E-state index contributed by atoms with van der Waals surface area (Å²) in [5.74, 6) is -0.545. The van der Waals surface area contributed by atoms with E-state index in [9.17, 15) is 14.9 Å². The number of carbonyl (C=O) groups excluding carboxylic acids is 1. The first-order valence-corrected chi connectivity index (χ1v) is 5.35. The second kappa shape index (κ2) is 6.55. The van der Waals surface area contributed by atoms with Crippen LogP contribution in [-0.2, 0) is 9.53 Å². The number of hydrogen-bond acceptors (Lipinski definition) is 5. The molecular weight excluding hydrogens is 238 g/mol. The molecule has 1 aromatic rings. The number of nitrogens with two attached hydrogens (primary N) is 1. The Bertz CT molecular complexity index is 448. The zero-order valence-corrected chi connectivity index (χ0v) is 10.0. The summed E-state index contributed by atoms with van der Waals surface area (Å²) in [7, 11) is 0. The van der Waals surface area contributed by atoms with Crippen LogP contribution in [0.4, 0.5) is 11.4 Å². The molecule has 98 valence electrons. The highest BCUT2D eigenvalue weighted by Gasteiger charge is 2.12. The van der Waals surface area contributed by atoms with Gasteiger partial charge in [-0.2, -0.15) is 0 Å². The fourth-order valence-corrected chi connectivity index (χ4v) is 1.37. The lowest BCUT2D eigenvalue weighted by Crippen LogP contribution is -2.20. The Labute approximate surface area is 104 Å². The fourth-order valence-electron chi connectivity index (χ4n) is 1.37. The third-order valence-corrected chi connectivity index (χ3v) is 2.16. The molecule has 0 atom stereocenters. The first kappa shape index (κ1) is 13.9. The van der Waals surface area contributed by atoms with Crippen LogP contribution in [0.25, 0.3) is 0 Å². The predicted octanol–water partition coefficient (Wildman–Crippen LogP) is 0.817. The summed E-state index contributed by atoms with van der Waals surface area (Å²) in [6.45, 7) is 2.23. The lowest BCUT2D eigenvalue weighted by molar-refractivity contribution is -0.384. The van der Waals surface area contributed by atoms with Crippen LogP contribution in [0.15, 0.2) is 18.2 Å². The van der Waals surface area contributed by atoms with Crippen LogP contribution in [0.5, 0.6) is 0 Å². The van der Waals surface area contributed by atoms with Gasteiger partial charge < -0.3 is 15.8 Å². The standard InChI is InChI=1S/C11H15N3O4/c1-8-2-3-9(10(6-8)14(16)17)13-4-5-18-7-11(12)15/h2-3,6,13H,4-5,7H2,1H3,(H2,12,15). The number of nitrogens with zero attached hydrogens (tertiary/aromatic N) is 1. The van der Waals surface area contributed by atoms with Crippen LogP contribution in [0.3, 0.4) is 0 Å². The van der Waals surface area contributed by atoms with Gasteiger partial charge in [-0.1, -0.05) is 6.07 Å². The average Bonchev–Trinajstić information content (AvgIpc) is 2.29. The van der Waals surface area contributed by atoms with E-state index in [1.54, 1.807) is 19.1 Å². The van der Waals surface area contributed by atoms with Crippen molar-refractivity contribution in [3.63, 3.8) is 0 Å².